The Labute approximate surface area is 121 Å². The molecule has 0 aliphatic rings. The third-order valence-electron chi connectivity index (χ3n) is 3.09. The number of benzene rings is 2. The smallest absolute Gasteiger partial charge is 0.298 e. The molecule has 20 heavy (non-hydrogen) atoms. The van der Waals surface area contributed by atoms with E-state index in [1.54, 1.807) is 6.07 Å². The summed E-state index contributed by atoms with van der Waals surface area (Å²) in [6.45, 7) is 0.627. The molecule has 0 spiro atoms. The van der Waals surface area contributed by atoms with E-state index in [1.807, 2.05) is 48.3 Å². The predicted molar refractivity (Wildman–Crippen MR) is 82.0 cm³/mol. The van der Waals surface area contributed by atoms with Gasteiger partial charge in [0.15, 0.2) is 5.58 Å². The van der Waals surface area contributed by atoms with Crippen molar-refractivity contribution in [3.05, 3.63) is 53.1 Å². The number of nitrogens with zero attached hydrogens (tertiary/aromatic N) is 2. The van der Waals surface area contributed by atoms with Gasteiger partial charge in [0, 0.05) is 30.4 Å². The molecule has 0 atom stereocenters. The minimum Gasteiger partial charge on any atom is -0.423 e. The highest BCUT2D eigenvalue weighted by molar-refractivity contribution is 6.31. The number of hydrogen-bond acceptors (Lipinski definition) is 4. The van der Waals surface area contributed by atoms with E-state index in [0.717, 1.165) is 16.1 Å². The number of hydrogen-bond donors (Lipinski definition) is 1. The average molecular weight is 288 g/mol. The first-order chi connectivity index (χ1) is 9.63. The van der Waals surface area contributed by atoms with Crippen LogP contribution in [0.15, 0.2) is 46.9 Å². The van der Waals surface area contributed by atoms with Gasteiger partial charge in [-0.3, -0.25) is 0 Å². The Morgan fingerprint density at radius 1 is 1.25 bits per heavy atom. The molecule has 0 fully saturated rings. The first-order valence-corrected chi connectivity index (χ1v) is 6.62. The first kappa shape index (κ1) is 12.8. The van der Waals surface area contributed by atoms with Gasteiger partial charge in [0.05, 0.1) is 0 Å². The van der Waals surface area contributed by atoms with Crippen molar-refractivity contribution < 1.29 is 4.42 Å². The van der Waals surface area contributed by atoms with Gasteiger partial charge in [-0.2, -0.15) is 4.98 Å². The highest BCUT2D eigenvalue weighted by Gasteiger charge is 2.12. The lowest BCUT2D eigenvalue weighted by Crippen LogP contribution is -2.16. The van der Waals surface area contributed by atoms with Gasteiger partial charge in [0.1, 0.15) is 5.52 Å². The number of rotatable bonds is 3. The van der Waals surface area contributed by atoms with E-state index >= 15 is 0 Å². The molecule has 5 heteroatoms. The highest BCUT2D eigenvalue weighted by Crippen LogP contribution is 2.25. The van der Waals surface area contributed by atoms with Crippen molar-refractivity contribution in [3.63, 3.8) is 0 Å². The van der Waals surface area contributed by atoms with Crippen LogP contribution in [-0.4, -0.2) is 12.0 Å². The van der Waals surface area contributed by atoms with Gasteiger partial charge in [-0.15, -0.1) is 0 Å². The summed E-state index contributed by atoms with van der Waals surface area (Å²) < 4.78 is 5.71. The number of oxazole rings is 1. The summed E-state index contributed by atoms with van der Waals surface area (Å²) >= 11 is 6.16. The molecule has 0 unspecified atom stereocenters. The molecule has 0 bridgehead atoms. The molecule has 2 aromatic carbocycles. The van der Waals surface area contributed by atoms with Crippen LogP contribution in [0.5, 0.6) is 0 Å². The van der Waals surface area contributed by atoms with Gasteiger partial charge >= 0.3 is 0 Å². The van der Waals surface area contributed by atoms with Crippen molar-refractivity contribution in [2.75, 3.05) is 17.7 Å². The molecule has 3 aromatic rings. The minimum atomic E-state index is 0.547. The van der Waals surface area contributed by atoms with E-state index in [2.05, 4.69) is 4.98 Å². The van der Waals surface area contributed by atoms with Gasteiger partial charge in [-0.25, -0.2) is 0 Å². The van der Waals surface area contributed by atoms with Crippen LogP contribution in [0.1, 0.15) is 5.56 Å². The van der Waals surface area contributed by atoms with Crippen molar-refractivity contribution >= 4 is 34.4 Å². The normalized spacial score (nSPS) is 10.9. The Morgan fingerprint density at radius 3 is 2.85 bits per heavy atom. The van der Waals surface area contributed by atoms with Crippen LogP contribution in [0, 0.1) is 0 Å². The number of fused-ring (bicyclic) bond motifs is 1. The molecule has 0 saturated heterocycles. The van der Waals surface area contributed by atoms with Crippen LogP contribution < -0.4 is 10.6 Å². The summed E-state index contributed by atoms with van der Waals surface area (Å²) in [5, 5.41) is 0.736. The highest BCUT2D eigenvalue weighted by atomic mass is 35.5. The zero-order valence-electron chi connectivity index (χ0n) is 11.0. The van der Waals surface area contributed by atoms with Crippen LogP contribution in [0.4, 0.5) is 11.7 Å². The fourth-order valence-corrected chi connectivity index (χ4v) is 2.24. The molecule has 3 rings (SSSR count). The van der Waals surface area contributed by atoms with Crippen LogP contribution in [0.2, 0.25) is 5.02 Å². The molecule has 1 heterocycles. The number of nitrogens with two attached hydrogens (primary N) is 1. The van der Waals surface area contributed by atoms with Gasteiger partial charge < -0.3 is 15.1 Å². The number of anilines is 2. The van der Waals surface area contributed by atoms with Crippen LogP contribution in [-0.2, 0) is 6.54 Å². The molecule has 4 nitrogen and oxygen atoms in total. The molecule has 0 radical (unpaired) electrons. The Bertz CT molecular complexity index is 754. The molecule has 0 saturated carbocycles. The van der Waals surface area contributed by atoms with E-state index in [4.69, 9.17) is 21.8 Å². The van der Waals surface area contributed by atoms with Crippen molar-refractivity contribution in [1.82, 2.24) is 4.98 Å². The van der Waals surface area contributed by atoms with Crippen LogP contribution in [0.25, 0.3) is 11.1 Å². The van der Waals surface area contributed by atoms with Gasteiger partial charge in [-0.1, -0.05) is 29.8 Å². The Kier molecular flexibility index (Phi) is 3.24. The summed E-state index contributed by atoms with van der Waals surface area (Å²) in [7, 11) is 1.91. The fourth-order valence-electron chi connectivity index (χ4n) is 2.04. The summed E-state index contributed by atoms with van der Waals surface area (Å²) in [5.41, 5.74) is 8.90. The summed E-state index contributed by atoms with van der Waals surface area (Å²) in [6, 6.07) is 13.7. The third-order valence-corrected chi connectivity index (χ3v) is 3.46. The Balaban J connectivity index is 1.89. The maximum atomic E-state index is 6.16. The van der Waals surface area contributed by atoms with Gasteiger partial charge in [0.25, 0.3) is 6.01 Å². The molecule has 0 amide bonds. The summed E-state index contributed by atoms with van der Waals surface area (Å²) in [5.74, 6) is 0. The largest absolute Gasteiger partial charge is 0.423 e. The lowest BCUT2D eigenvalue weighted by molar-refractivity contribution is 0.582. The number of aromatic nitrogens is 1. The second-order valence-corrected chi connectivity index (χ2v) is 5.08. The molecular formula is C15H14ClN3O. The second-order valence-electron chi connectivity index (χ2n) is 4.67. The molecule has 0 aliphatic heterocycles. The number of halogens is 1. The van der Waals surface area contributed by atoms with Crippen molar-refractivity contribution in [1.29, 1.82) is 0 Å². The van der Waals surface area contributed by atoms with Crippen LogP contribution >= 0.6 is 11.6 Å². The molecule has 0 aliphatic carbocycles. The maximum absolute atomic E-state index is 6.16. The van der Waals surface area contributed by atoms with Crippen LogP contribution in [0.3, 0.4) is 0 Å². The quantitative estimate of drug-likeness (QED) is 0.746. The summed E-state index contributed by atoms with van der Waals surface area (Å²) in [6.07, 6.45) is 0. The summed E-state index contributed by atoms with van der Waals surface area (Å²) in [4.78, 5) is 6.35. The predicted octanol–water partition coefficient (Wildman–Crippen LogP) is 3.70. The second kappa shape index (κ2) is 5.06. The molecule has 2 N–H and O–H groups in total. The first-order valence-electron chi connectivity index (χ1n) is 6.24. The Morgan fingerprint density at radius 2 is 2.05 bits per heavy atom. The van der Waals surface area contributed by atoms with E-state index in [1.165, 1.54) is 0 Å². The minimum absolute atomic E-state index is 0.547. The van der Waals surface area contributed by atoms with E-state index in [0.29, 0.717) is 23.8 Å². The maximum Gasteiger partial charge on any atom is 0.298 e. The molecular weight excluding hydrogens is 274 g/mol. The molecule has 1 aromatic heterocycles. The van der Waals surface area contributed by atoms with Crippen molar-refractivity contribution in [2.24, 2.45) is 0 Å². The molecule has 102 valence electrons. The van der Waals surface area contributed by atoms with Crippen molar-refractivity contribution in [2.45, 2.75) is 6.54 Å². The fraction of sp³-hybridized carbons (Fsp3) is 0.133. The van der Waals surface area contributed by atoms with E-state index in [-0.39, 0.29) is 0 Å². The van der Waals surface area contributed by atoms with E-state index < -0.39 is 0 Å². The standard InChI is InChI=1S/C15H14ClN3O/c1-19(9-10-4-2-3-5-12(10)16)15-18-13-7-6-11(17)8-14(13)20-15/h2-8H,9,17H2,1H3. The lowest BCUT2D eigenvalue weighted by Gasteiger charge is -2.15. The topological polar surface area (TPSA) is 55.3 Å². The zero-order chi connectivity index (χ0) is 14.1. The zero-order valence-corrected chi connectivity index (χ0v) is 11.8. The van der Waals surface area contributed by atoms with Gasteiger partial charge in [-0.05, 0) is 23.8 Å². The van der Waals surface area contributed by atoms with Gasteiger partial charge in [0.2, 0.25) is 0 Å². The lowest BCUT2D eigenvalue weighted by atomic mass is 10.2. The Hall–Kier alpha value is -2.20. The SMILES string of the molecule is CN(Cc1ccccc1Cl)c1nc2ccc(N)cc2o1. The van der Waals surface area contributed by atoms with E-state index in [9.17, 15) is 0 Å². The third kappa shape index (κ3) is 2.42. The average Bonchev–Trinajstić information content (AvgIpc) is 2.84. The number of nitrogen functional groups attached to an aromatic ring is 1. The van der Waals surface area contributed by atoms with Crippen molar-refractivity contribution in [3.8, 4) is 0 Å². The monoisotopic (exact) mass is 287 g/mol.